The van der Waals surface area contributed by atoms with Crippen LogP contribution in [0.1, 0.15) is 12.0 Å². The van der Waals surface area contributed by atoms with E-state index >= 15 is 0 Å². The lowest BCUT2D eigenvalue weighted by Crippen LogP contribution is -2.22. The van der Waals surface area contributed by atoms with Crippen molar-refractivity contribution in [2.24, 2.45) is 0 Å². The molecule has 1 unspecified atom stereocenters. The molecule has 0 saturated carbocycles. The molecule has 1 aliphatic heterocycles. The molecule has 130 valence electrons. The van der Waals surface area contributed by atoms with Gasteiger partial charge in [-0.2, -0.15) is 13.2 Å². The van der Waals surface area contributed by atoms with Gasteiger partial charge < -0.3 is 10.6 Å². The maximum Gasteiger partial charge on any atom is 0.417 e. The molecule has 0 radical (unpaired) electrons. The Morgan fingerprint density at radius 1 is 1.20 bits per heavy atom. The monoisotopic (exact) mass is 348 g/mol. The highest BCUT2D eigenvalue weighted by Crippen LogP contribution is 2.30. The highest BCUT2D eigenvalue weighted by atomic mass is 19.4. The fourth-order valence-corrected chi connectivity index (χ4v) is 2.88. The summed E-state index contributed by atoms with van der Waals surface area (Å²) in [6.07, 6.45) is 2.21. The van der Waals surface area contributed by atoms with E-state index in [2.05, 4.69) is 25.6 Å². The number of anilines is 1. The Kier molecular flexibility index (Phi) is 3.79. The van der Waals surface area contributed by atoms with E-state index in [1.807, 2.05) is 0 Å². The van der Waals surface area contributed by atoms with E-state index < -0.39 is 11.7 Å². The quantitative estimate of drug-likeness (QED) is 0.762. The first-order chi connectivity index (χ1) is 12.0. The molecule has 3 aromatic heterocycles. The Balaban J connectivity index is 1.71. The minimum atomic E-state index is -4.42. The average molecular weight is 348 g/mol. The highest BCUT2D eigenvalue weighted by molar-refractivity contribution is 5.61. The van der Waals surface area contributed by atoms with Crippen LogP contribution in [-0.2, 0) is 6.18 Å². The van der Waals surface area contributed by atoms with Crippen molar-refractivity contribution in [2.75, 3.05) is 18.4 Å². The molecule has 0 aromatic carbocycles. The maximum absolute atomic E-state index is 13.0. The first-order valence-electron chi connectivity index (χ1n) is 7.85. The van der Waals surface area contributed by atoms with Gasteiger partial charge in [0, 0.05) is 18.8 Å². The van der Waals surface area contributed by atoms with Crippen LogP contribution in [0.4, 0.5) is 19.0 Å². The van der Waals surface area contributed by atoms with Crippen LogP contribution < -0.4 is 10.6 Å². The lowest BCUT2D eigenvalue weighted by molar-refractivity contribution is -0.137. The lowest BCUT2D eigenvalue weighted by Gasteiger charge is -2.12. The molecule has 1 aliphatic rings. The van der Waals surface area contributed by atoms with Gasteiger partial charge in [-0.3, -0.25) is 9.38 Å². The molecule has 1 fully saturated rings. The number of aromatic nitrogens is 4. The fraction of sp³-hybridized carbons (Fsp3) is 0.312. The molecule has 2 N–H and O–H groups in total. The van der Waals surface area contributed by atoms with Gasteiger partial charge in [0.2, 0.25) is 0 Å². The summed E-state index contributed by atoms with van der Waals surface area (Å²) in [5.74, 6) is 0.591. The highest BCUT2D eigenvalue weighted by Gasteiger charge is 2.31. The maximum atomic E-state index is 13.0. The summed E-state index contributed by atoms with van der Waals surface area (Å²) < 4.78 is 40.3. The molecular weight excluding hydrogens is 333 g/mol. The van der Waals surface area contributed by atoms with Crippen molar-refractivity contribution in [2.45, 2.75) is 18.6 Å². The molecule has 1 saturated heterocycles. The number of hydrogen-bond acceptors (Lipinski definition) is 5. The number of nitrogens with one attached hydrogen (secondary N) is 2. The van der Waals surface area contributed by atoms with Crippen LogP contribution >= 0.6 is 0 Å². The number of pyridine rings is 1. The molecule has 6 nitrogen and oxygen atoms in total. The van der Waals surface area contributed by atoms with Gasteiger partial charge in [0.25, 0.3) is 0 Å². The van der Waals surface area contributed by atoms with Crippen molar-refractivity contribution in [3.63, 3.8) is 0 Å². The second-order valence-corrected chi connectivity index (χ2v) is 5.91. The van der Waals surface area contributed by atoms with Gasteiger partial charge in [-0.05, 0) is 25.1 Å². The van der Waals surface area contributed by atoms with Crippen molar-refractivity contribution in [3.05, 3.63) is 42.5 Å². The first-order valence-corrected chi connectivity index (χ1v) is 7.85. The summed E-state index contributed by atoms with van der Waals surface area (Å²) in [7, 11) is 0. The third kappa shape index (κ3) is 3.14. The molecule has 0 bridgehead atoms. The van der Waals surface area contributed by atoms with Crippen molar-refractivity contribution in [1.29, 1.82) is 0 Å². The molecular formula is C16H15F3N6. The predicted octanol–water partition coefficient (Wildman–Crippen LogP) is 2.58. The number of imidazole rings is 1. The van der Waals surface area contributed by atoms with Crippen molar-refractivity contribution in [3.8, 4) is 11.4 Å². The topological polar surface area (TPSA) is 67.1 Å². The average Bonchev–Trinajstić information content (AvgIpc) is 3.23. The molecule has 0 amide bonds. The van der Waals surface area contributed by atoms with Crippen LogP contribution in [0.5, 0.6) is 0 Å². The van der Waals surface area contributed by atoms with Gasteiger partial charge in [0.15, 0.2) is 0 Å². The van der Waals surface area contributed by atoms with Gasteiger partial charge in [-0.25, -0.2) is 9.97 Å². The van der Waals surface area contributed by atoms with E-state index in [0.29, 0.717) is 22.9 Å². The molecule has 4 heterocycles. The third-order valence-electron chi connectivity index (χ3n) is 4.14. The SMILES string of the molecule is FC(F)(F)c1ccc2ncc(-c3cncc(NC4CCNC4)n3)n2c1. The molecule has 1 atom stereocenters. The number of alkyl halides is 3. The second-order valence-electron chi connectivity index (χ2n) is 5.91. The zero-order valence-corrected chi connectivity index (χ0v) is 13.1. The zero-order chi connectivity index (χ0) is 17.4. The molecule has 3 aromatic rings. The number of fused-ring (bicyclic) bond motifs is 1. The second kappa shape index (κ2) is 5.99. The minimum Gasteiger partial charge on any atom is -0.365 e. The number of hydrogen-bond donors (Lipinski definition) is 2. The van der Waals surface area contributed by atoms with E-state index in [-0.39, 0.29) is 6.04 Å². The predicted molar refractivity (Wildman–Crippen MR) is 86.1 cm³/mol. The number of rotatable bonds is 3. The van der Waals surface area contributed by atoms with Gasteiger partial charge in [-0.15, -0.1) is 0 Å². The standard InChI is InChI=1S/C16H15F3N6/c17-16(18,19)10-1-2-15-22-7-13(25(15)9-10)12-6-21-8-14(24-12)23-11-3-4-20-5-11/h1-2,6-9,11,20H,3-5H2,(H,23,24). The van der Waals surface area contributed by atoms with Gasteiger partial charge >= 0.3 is 6.18 Å². The van der Waals surface area contributed by atoms with E-state index in [1.54, 1.807) is 6.20 Å². The van der Waals surface area contributed by atoms with E-state index in [0.717, 1.165) is 31.8 Å². The van der Waals surface area contributed by atoms with Gasteiger partial charge in [0.05, 0.1) is 29.8 Å². The van der Waals surface area contributed by atoms with E-state index in [9.17, 15) is 13.2 Å². The summed E-state index contributed by atoms with van der Waals surface area (Å²) in [4.78, 5) is 12.8. The molecule has 0 aliphatic carbocycles. The molecule has 4 rings (SSSR count). The Morgan fingerprint density at radius 2 is 2.08 bits per heavy atom. The van der Waals surface area contributed by atoms with Gasteiger partial charge in [-0.1, -0.05) is 0 Å². The van der Waals surface area contributed by atoms with Crippen LogP contribution in [0.15, 0.2) is 36.9 Å². The van der Waals surface area contributed by atoms with Crippen LogP contribution in [0, 0.1) is 0 Å². The fourth-order valence-electron chi connectivity index (χ4n) is 2.88. The Hall–Kier alpha value is -2.68. The normalized spacial score (nSPS) is 18.0. The van der Waals surface area contributed by atoms with Crippen LogP contribution in [0.3, 0.4) is 0 Å². The molecule has 25 heavy (non-hydrogen) atoms. The summed E-state index contributed by atoms with van der Waals surface area (Å²) in [6, 6.07) is 2.62. The Bertz CT molecular complexity index is 898. The van der Waals surface area contributed by atoms with Crippen molar-refractivity contribution in [1.82, 2.24) is 24.7 Å². The van der Waals surface area contributed by atoms with Crippen LogP contribution in [0.25, 0.3) is 17.0 Å². The number of halogens is 3. The third-order valence-corrected chi connectivity index (χ3v) is 4.14. The molecule has 0 spiro atoms. The van der Waals surface area contributed by atoms with Crippen LogP contribution in [-0.4, -0.2) is 38.5 Å². The minimum absolute atomic E-state index is 0.267. The summed E-state index contributed by atoms with van der Waals surface area (Å²) >= 11 is 0. The lowest BCUT2D eigenvalue weighted by atomic mass is 10.2. The van der Waals surface area contributed by atoms with Gasteiger partial charge in [0.1, 0.15) is 17.2 Å². The Labute approximate surface area is 141 Å². The zero-order valence-electron chi connectivity index (χ0n) is 13.1. The molecule has 9 heteroatoms. The van der Waals surface area contributed by atoms with Crippen LogP contribution in [0.2, 0.25) is 0 Å². The summed E-state index contributed by atoms with van der Waals surface area (Å²) in [5, 5.41) is 6.53. The van der Waals surface area contributed by atoms with E-state index in [1.165, 1.54) is 22.9 Å². The van der Waals surface area contributed by atoms with Crippen molar-refractivity contribution >= 4 is 11.5 Å². The first kappa shape index (κ1) is 15.8. The smallest absolute Gasteiger partial charge is 0.365 e. The number of nitrogens with zero attached hydrogens (tertiary/aromatic N) is 4. The van der Waals surface area contributed by atoms with E-state index in [4.69, 9.17) is 0 Å². The van der Waals surface area contributed by atoms with Crippen molar-refractivity contribution < 1.29 is 13.2 Å². The summed E-state index contributed by atoms with van der Waals surface area (Å²) in [6.45, 7) is 1.79. The Morgan fingerprint density at radius 3 is 2.84 bits per heavy atom. The largest absolute Gasteiger partial charge is 0.417 e. The summed E-state index contributed by atoms with van der Waals surface area (Å²) in [5.41, 5.74) is 0.603.